The van der Waals surface area contributed by atoms with Gasteiger partial charge in [0.2, 0.25) is 0 Å². The summed E-state index contributed by atoms with van der Waals surface area (Å²) in [5, 5.41) is 11.1. The van der Waals surface area contributed by atoms with Crippen LogP contribution in [0.4, 0.5) is 0 Å². The summed E-state index contributed by atoms with van der Waals surface area (Å²) >= 11 is 4.94. The zero-order valence-electron chi connectivity index (χ0n) is 12.9. The second-order valence-corrected chi connectivity index (χ2v) is 5.66. The van der Waals surface area contributed by atoms with Crippen LogP contribution < -0.4 is 5.69 Å². The molecule has 0 aliphatic carbocycles. The van der Waals surface area contributed by atoms with Crippen LogP contribution in [0.5, 0.6) is 0 Å². The molecule has 0 radical (unpaired) electrons. The maximum absolute atomic E-state index is 11.9. The van der Waals surface area contributed by atoms with Gasteiger partial charge in [0.05, 0.1) is 0 Å². The van der Waals surface area contributed by atoms with Gasteiger partial charge in [0.25, 0.3) is 5.95 Å². The van der Waals surface area contributed by atoms with E-state index in [1.54, 1.807) is 0 Å². The molecule has 0 amide bonds. The van der Waals surface area contributed by atoms with E-state index in [4.69, 9.17) is 12.2 Å². The van der Waals surface area contributed by atoms with E-state index < -0.39 is 5.69 Å². The molecule has 2 aromatic heterocycles. The standard InChI is InChI=1S/C17H12N6OS/c24-17-19-16(25)22-23(17)15-18-13(11-7-3-1-4-8-11)14(20-21-15)12-9-5-2-6-10-12/h1-10H,(H2,19,22,24,25). The first-order chi connectivity index (χ1) is 12.2. The molecule has 25 heavy (non-hydrogen) atoms. The molecule has 0 bridgehead atoms. The lowest BCUT2D eigenvalue weighted by atomic mass is 10.0. The van der Waals surface area contributed by atoms with Crippen molar-refractivity contribution in [2.45, 2.75) is 0 Å². The van der Waals surface area contributed by atoms with Crippen LogP contribution in [0.3, 0.4) is 0 Å². The van der Waals surface area contributed by atoms with Crippen LogP contribution in [0.1, 0.15) is 0 Å². The van der Waals surface area contributed by atoms with Crippen molar-refractivity contribution < 1.29 is 0 Å². The first kappa shape index (κ1) is 15.2. The van der Waals surface area contributed by atoms with Gasteiger partial charge in [-0.3, -0.25) is 10.1 Å². The average Bonchev–Trinajstić information content (AvgIpc) is 3.01. The van der Waals surface area contributed by atoms with Gasteiger partial charge < -0.3 is 0 Å². The van der Waals surface area contributed by atoms with E-state index in [0.29, 0.717) is 11.4 Å². The maximum Gasteiger partial charge on any atom is 0.349 e. The highest BCUT2D eigenvalue weighted by atomic mass is 32.1. The Kier molecular flexibility index (Phi) is 3.79. The van der Waals surface area contributed by atoms with Gasteiger partial charge in [0.15, 0.2) is 4.77 Å². The minimum Gasteiger partial charge on any atom is -0.281 e. The number of hydrogen-bond donors (Lipinski definition) is 2. The summed E-state index contributed by atoms with van der Waals surface area (Å²) in [5.41, 5.74) is 2.59. The third-order valence-electron chi connectivity index (χ3n) is 3.61. The smallest absolute Gasteiger partial charge is 0.281 e. The van der Waals surface area contributed by atoms with Crippen LogP contribution in [0.2, 0.25) is 0 Å². The Balaban J connectivity index is 1.96. The second-order valence-electron chi connectivity index (χ2n) is 5.25. The molecule has 2 N–H and O–H groups in total. The highest BCUT2D eigenvalue weighted by molar-refractivity contribution is 7.71. The van der Waals surface area contributed by atoms with E-state index in [0.717, 1.165) is 15.8 Å². The van der Waals surface area contributed by atoms with Crippen molar-refractivity contribution in [3.05, 3.63) is 75.9 Å². The van der Waals surface area contributed by atoms with Crippen molar-refractivity contribution in [1.82, 2.24) is 29.9 Å². The summed E-state index contributed by atoms with van der Waals surface area (Å²) in [6, 6.07) is 19.3. The zero-order chi connectivity index (χ0) is 17.2. The largest absolute Gasteiger partial charge is 0.349 e. The van der Waals surface area contributed by atoms with Crippen molar-refractivity contribution in [3.8, 4) is 28.5 Å². The lowest BCUT2D eigenvalue weighted by Gasteiger charge is -2.09. The summed E-state index contributed by atoms with van der Waals surface area (Å²) in [5.74, 6) is 0.121. The molecule has 4 rings (SSSR count). The lowest BCUT2D eigenvalue weighted by Crippen LogP contribution is -2.19. The van der Waals surface area contributed by atoms with Crippen LogP contribution in [0, 0.1) is 4.77 Å². The summed E-state index contributed by atoms with van der Waals surface area (Å²) in [4.78, 5) is 19.0. The van der Waals surface area contributed by atoms with E-state index in [9.17, 15) is 4.79 Å². The molecule has 2 heterocycles. The summed E-state index contributed by atoms with van der Waals surface area (Å²) in [7, 11) is 0. The Morgan fingerprint density at radius 2 is 1.44 bits per heavy atom. The van der Waals surface area contributed by atoms with E-state index >= 15 is 0 Å². The van der Waals surface area contributed by atoms with Crippen molar-refractivity contribution in [2.75, 3.05) is 0 Å². The molecule has 7 nitrogen and oxygen atoms in total. The molecule has 0 atom stereocenters. The van der Waals surface area contributed by atoms with Gasteiger partial charge in [-0.15, -0.1) is 10.2 Å². The van der Waals surface area contributed by atoms with Crippen LogP contribution in [0.15, 0.2) is 65.5 Å². The monoisotopic (exact) mass is 348 g/mol. The van der Waals surface area contributed by atoms with Crippen molar-refractivity contribution in [1.29, 1.82) is 0 Å². The van der Waals surface area contributed by atoms with E-state index in [-0.39, 0.29) is 10.7 Å². The Labute approximate surface area is 147 Å². The molecule has 2 aromatic carbocycles. The minimum absolute atomic E-state index is 0.121. The van der Waals surface area contributed by atoms with E-state index in [2.05, 4.69) is 25.3 Å². The number of H-pyrrole nitrogens is 2. The summed E-state index contributed by atoms with van der Waals surface area (Å²) in [6.45, 7) is 0. The first-order valence-electron chi connectivity index (χ1n) is 7.49. The summed E-state index contributed by atoms with van der Waals surface area (Å²) in [6.07, 6.45) is 0. The molecule has 0 spiro atoms. The van der Waals surface area contributed by atoms with Crippen LogP contribution >= 0.6 is 12.2 Å². The molecule has 0 unspecified atom stereocenters. The number of nitrogens with one attached hydrogen (secondary N) is 2. The SMILES string of the molecule is O=c1[nH]c(=S)[nH]n1-c1nnc(-c2ccccc2)c(-c2ccccc2)n1. The molecule has 0 saturated heterocycles. The molecule has 4 aromatic rings. The fraction of sp³-hybridized carbons (Fsp3) is 0. The van der Waals surface area contributed by atoms with E-state index in [1.807, 2.05) is 60.7 Å². The van der Waals surface area contributed by atoms with E-state index in [1.165, 1.54) is 0 Å². The highest BCUT2D eigenvalue weighted by Gasteiger charge is 2.15. The molecule has 0 aliphatic heterocycles. The number of hydrogen-bond acceptors (Lipinski definition) is 5. The predicted molar refractivity (Wildman–Crippen MR) is 95.8 cm³/mol. The van der Waals surface area contributed by atoms with Gasteiger partial charge in [-0.05, 0) is 12.2 Å². The average molecular weight is 348 g/mol. The van der Waals surface area contributed by atoms with Gasteiger partial charge in [-0.2, -0.15) is 4.68 Å². The van der Waals surface area contributed by atoms with Gasteiger partial charge >= 0.3 is 5.69 Å². The molecule has 8 heteroatoms. The molecule has 0 fully saturated rings. The quantitative estimate of drug-likeness (QED) is 0.555. The van der Waals surface area contributed by atoms with Crippen LogP contribution in [-0.4, -0.2) is 29.9 Å². The molecule has 0 saturated carbocycles. The van der Waals surface area contributed by atoms with Gasteiger partial charge in [0.1, 0.15) is 11.4 Å². The highest BCUT2D eigenvalue weighted by Crippen LogP contribution is 2.28. The Hall–Kier alpha value is -3.39. The minimum atomic E-state index is -0.446. The molecular weight excluding hydrogens is 336 g/mol. The zero-order valence-corrected chi connectivity index (χ0v) is 13.7. The number of aromatic amines is 2. The Bertz CT molecular complexity index is 1130. The molecule has 0 aliphatic rings. The fourth-order valence-corrected chi connectivity index (χ4v) is 2.65. The van der Waals surface area contributed by atoms with Gasteiger partial charge in [-0.1, -0.05) is 60.7 Å². The number of aromatic nitrogens is 6. The number of benzene rings is 2. The summed E-state index contributed by atoms with van der Waals surface area (Å²) < 4.78 is 1.33. The molecular formula is C17H12N6OS. The predicted octanol–water partition coefficient (Wildman–Crippen LogP) is 2.74. The van der Waals surface area contributed by atoms with Crippen LogP contribution in [0.25, 0.3) is 28.5 Å². The Morgan fingerprint density at radius 1 is 0.840 bits per heavy atom. The Morgan fingerprint density at radius 3 is 2.00 bits per heavy atom. The number of nitrogens with zero attached hydrogens (tertiary/aromatic N) is 4. The first-order valence-corrected chi connectivity index (χ1v) is 7.90. The molecule has 122 valence electrons. The van der Waals surface area contributed by atoms with Crippen molar-refractivity contribution in [2.24, 2.45) is 0 Å². The normalized spacial score (nSPS) is 10.7. The van der Waals surface area contributed by atoms with Crippen molar-refractivity contribution in [3.63, 3.8) is 0 Å². The lowest BCUT2D eigenvalue weighted by molar-refractivity contribution is 0.750. The van der Waals surface area contributed by atoms with Gasteiger partial charge in [0, 0.05) is 11.1 Å². The van der Waals surface area contributed by atoms with Crippen molar-refractivity contribution >= 4 is 12.2 Å². The third-order valence-corrected chi connectivity index (χ3v) is 3.80. The fourth-order valence-electron chi connectivity index (χ4n) is 2.47. The number of rotatable bonds is 3. The third kappa shape index (κ3) is 2.90. The van der Waals surface area contributed by atoms with Gasteiger partial charge in [-0.25, -0.2) is 9.78 Å². The maximum atomic E-state index is 11.9. The van der Waals surface area contributed by atoms with Crippen LogP contribution in [-0.2, 0) is 0 Å². The second kappa shape index (κ2) is 6.25. The topological polar surface area (TPSA) is 92.2 Å².